The Morgan fingerprint density at radius 3 is 2.29 bits per heavy atom. The third kappa shape index (κ3) is 4.27. The number of hydrogen-bond donors (Lipinski definition) is 0. The Labute approximate surface area is 133 Å². The maximum absolute atomic E-state index is 12.1. The number of ether oxygens (including phenoxy) is 1. The summed E-state index contributed by atoms with van der Waals surface area (Å²) in [6.07, 6.45) is 0. The molecule has 2 aromatic carbocycles. The zero-order valence-corrected chi connectivity index (χ0v) is 13.4. The molecule has 0 saturated heterocycles. The van der Waals surface area contributed by atoms with Crippen LogP contribution in [0.4, 0.5) is 0 Å². The zero-order chi connectivity index (χ0) is 15.5. The van der Waals surface area contributed by atoms with Crippen molar-refractivity contribution in [1.29, 1.82) is 0 Å². The van der Waals surface area contributed by atoms with Gasteiger partial charge in [-0.05, 0) is 29.8 Å². The Balaban J connectivity index is 2.20. The van der Waals surface area contributed by atoms with Crippen molar-refractivity contribution in [2.24, 2.45) is 0 Å². The molecule has 0 unspecified atom stereocenters. The van der Waals surface area contributed by atoms with Crippen LogP contribution < -0.4 is 8.92 Å². The Hall–Kier alpha value is -1.43. The normalized spacial score (nSPS) is 11.2. The molecular formula is C14H12Cl2O4S. The predicted octanol–water partition coefficient (Wildman–Crippen LogP) is 3.91. The smallest absolute Gasteiger partial charge is 0.313 e. The molecule has 21 heavy (non-hydrogen) atoms. The zero-order valence-electron chi connectivity index (χ0n) is 11.0. The lowest BCUT2D eigenvalue weighted by molar-refractivity contribution is 0.390. The van der Waals surface area contributed by atoms with Gasteiger partial charge in [0.2, 0.25) is 0 Å². The monoisotopic (exact) mass is 346 g/mol. The first-order valence-corrected chi connectivity index (χ1v) is 8.24. The number of benzene rings is 2. The predicted molar refractivity (Wildman–Crippen MR) is 82.7 cm³/mol. The summed E-state index contributed by atoms with van der Waals surface area (Å²) in [5, 5.41) is 0.658. The fourth-order valence-electron chi connectivity index (χ4n) is 1.69. The molecule has 0 amide bonds. The quantitative estimate of drug-likeness (QED) is 0.770. The third-order valence-corrected chi connectivity index (χ3v) is 4.47. The lowest BCUT2D eigenvalue weighted by atomic mass is 10.2. The molecule has 2 rings (SSSR count). The summed E-state index contributed by atoms with van der Waals surface area (Å²) in [5.41, 5.74) is 0.485. The average molecular weight is 347 g/mol. The van der Waals surface area contributed by atoms with Gasteiger partial charge in [-0.3, -0.25) is 0 Å². The molecule has 0 aliphatic heterocycles. The van der Waals surface area contributed by atoms with E-state index in [2.05, 4.69) is 0 Å². The first-order chi connectivity index (χ1) is 9.91. The van der Waals surface area contributed by atoms with Gasteiger partial charge in [-0.25, -0.2) is 0 Å². The summed E-state index contributed by atoms with van der Waals surface area (Å²) in [6.45, 7) is 0. The van der Waals surface area contributed by atoms with Crippen molar-refractivity contribution < 1.29 is 17.3 Å². The molecule has 0 spiro atoms. The van der Waals surface area contributed by atoms with Gasteiger partial charge < -0.3 is 8.92 Å². The van der Waals surface area contributed by atoms with E-state index in [0.29, 0.717) is 21.4 Å². The summed E-state index contributed by atoms with van der Waals surface area (Å²) in [6, 6.07) is 11.1. The van der Waals surface area contributed by atoms with E-state index < -0.39 is 10.1 Å². The molecule has 0 bridgehead atoms. The van der Waals surface area contributed by atoms with Gasteiger partial charge in [0.15, 0.2) is 11.5 Å². The van der Waals surface area contributed by atoms with Crippen molar-refractivity contribution in [1.82, 2.24) is 0 Å². The van der Waals surface area contributed by atoms with Gasteiger partial charge in [-0.15, -0.1) is 0 Å². The summed E-state index contributed by atoms with van der Waals surface area (Å²) >= 11 is 11.7. The minimum atomic E-state index is -3.83. The highest BCUT2D eigenvalue weighted by atomic mass is 35.5. The Bertz CT molecular complexity index is 744. The average Bonchev–Trinajstić information content (AvgIpc) is 2.43. The van der Waals surface area contributed by atoms with E-state index in [9.17, 15) is 8.42 Å². The molecule has 0 aliphatic carbocycles. The van der Waals surface area contributed by atoms with Gasteiger partial charge in [0.25, 0.3) is 0 Å². The molecule has 0 aromatic heterocycles. The molecule has 112 valence electrons. The molecule has 0 radical (unpaired) electrons. The fourth-order valence-corrected chi connectivity index (χ4v) is 3.07. The Morgan fingerprint density at radius 2 is 1.67 bits per heavy atom. The second-order valence-electron chi connectivity index (χ2n) is 4.18. The van der Waals surface area contributed by atoms with Gasteiger partial charge >= 0.3 is 10.1 Å². The largest absolute Gasteiger partial charge is 0.493 e. The van der Waals surface area contributed by atoms with Crippen LogP contribution in [0.5, 0.6) is 11.5 Å². The molecule has 0 fully saturated rings. The molecule has 0 atom stereocenters. The minimum Gasteiger partial charge on any atom is -0.493 e. The van der Waals surface area contributed by atoms with Gasteiger partial charge in [0, 0.05) is 0 Å². The fraction of sp³-hybridized carbons (Fsp3) is 0.143. The molecular weight excluding hydrogens is 335 g/mol. The minimum absolute atomic E-state index is 0.139. The van der Waals surface area contributed by atoms with Gasteiger partial charge in [0.05, 0.1) is 17.2 Å². The number of methoxy groups -OCH3 is 1. The summed E-state index contributed by atoms with van der Waals surface area (Å²) < 4.78 is 34.3. The molecule has 0 N–H and O–H groups in total. The molecule has 4 nitrogen and oxygen atoms in total. The van der Waals surface area contributed by atoms with Crippen molar-refractivity contribution in [3.63, 3.8) is 0 Å². The number of para-hydroxylation sites is 2. The maximum atomic E-state index is 12.1. The molecule has 0 aliphatic rings. The van der Waals surface area contributed by atoms with Crippen LogP contribution in [0.1, 0.15) is 5.56 Å². The lowest BCUT2D eigenvalue weighted by Gasteiger charge is -2.10. The van der Waals surface area contributed by atoms with E-state index >= 15 is 0 Å². The molecule has 2 aromatic rings. The van der Waals surface area contributed by atoms with Gasteiger partial charge in [0.1, 0.15) is 5.75 Å². The SMILES string of the molecule is COc1ccccc1OS(=O)(=O)Cc1ccc(Cl)c(Cl)c1. The standard InChI is InChI=1S/C14H12Cl2O4S/c1-19-13-4-2-3-5-14(13)20-21(17,18)9-10-6-7-11(15)12(16)8-10/h2-8H,9H2,1H3. The number of rotatable bonds is 5. The second kappa shape index (κ2) is 6.56. The summed E-state index contributed by atoms with van der Waals surface area (Å²) in [7, 11) is -2.39. The van der Waals surface area contributed by atoms with Crippen LogP contribution in [-0.2, 0) is 15.9 Å². The van der Waals surface area contributed by atoms with Crippen LogP contribution in [0, 0.1) is 0 Å². The highest BCUT2D eigenvalue weighted by Crippen LogP contribution is 2.29. The van der Waals surface area contributed by atoms with Crippen molar-refractivity contribution >= 4 is 33.3 Å². The molecule has 7 heteroatoms. The number of halogens is 2. The van der Waals surface area contributed by atoms with Crippen LogP contribution in [0.15, 0.2) is 42.5 Å². The molecule has 0 heterocycles. The first-order valence-electron chi connectivity index (χ1n) is 5.90. The van der Waals surface area contributed by atoms with E-state index in [4.69, 9.17) is 32.1 Å². The Morgan fingerprint density at radius 1 is 1.00 bits per heavy atom. The highest BCUT2D eigenvalue weighted by Gasteiger charge is 2.17. The van der Waals surface area contributed by atoms with Gasteiger partial charge in [-0.1, -0.05) is 41.4 Å². The topological polar surface area (TPSA) is 52.6 Å². The van der Waals surface area contributed by atoms with Gasteiger partial charge in [-0.2, -0.15) is 8.42 Å². The first kappa shape index (κ1) is 15.9. The maximum Gasteiger partial charge on any atom is 0.313 e. The molecule has 0 saturated carbocycles. The van der Waals surface area contributed by atoms with Crippen LogP contribution in [-0.4, -0.2) is 15.5 Å². The third-order valence-electron chi connectivity index (χ3n) is 2.61. The Kier molecular flexibility index (Phi) is 4.98. The summed E-state index contributed by atoms with van der Waals surface area (Å²) in [4.78, 5) is 0. The van der Waals surface area contributed by atoms with E-state index in [1.165, 1.54) is 25.3 Å². The van der Waals surface area contributed by atoms with E-state index in [1.54, 1.807) is 24.3 Å². The van der Waals surface area contributed by atoms with E-state index in [0.717, 1.165) is 0 Å². The van der Waals surface area contributed by atoms with Crippen LogP contribution >= 0.6 is 23.2 Å². The van der Waals surface area contributed by atoms with Crippen molar-refractivity contribution in [3.05, 3.63) is 58.1 Å². The van der Waals surface area contributed by atoms with Crippen LogP contribution in [0.2, 0.25) is 10.0 Å². The van der Waals surface area contributed by atoms with Crippen LogP contribution in [0.3, 0.4) is 0 Å². The number of hydrogen-bond acceptors (Lipinski definition) is 4. The lowest BCUT2D eigenvalue weighted by Crippen LogP contribution is -2.12. The van der Waals surface area contributed by atoms with Crippen molar-refractivity contribution in [2.75, 3.05) is 7.11 Å². The van der Waals surface area contributed by atoms with Crippen molar-refractivity contribution in [2.45, 2.75) is 5.75 Å². The highest BCUT2D eigenvalue weighted by molar-refractivity contribution is 7.86. The second-order valence-corrected chi connectivity index (χ2v) is 6.57. The summed E-state index contributed by atoms with van der Waals surface area (Å²) in [5.74, 6) is 0.164. The van der Waals surface area contributed by atoms with Crippen molar-refractivity contribution in [3.8, 4) is 11.5 Å². The van der Waals surface area contributed by atoms with E-state index in [-0.39, 0.29) is 11.5 Å². The van der Waals surface area contributed by atoms with Crippen LogP contribution in [0.25, 0.3) is 0 Å². The van der Waals surface area contributed by atoms with E-state index in [1.807, 2.05) is 0 Å².